The van der Waals surface area contributed by atoms with Gasteiger partial charge in [0, 0.05) is 16.1 Å². The molecule has 1 rings (SSSR count). The fraction of sp³-hybridized carbons (Fsp3) is 0.400. The molecule has 84 valence electrons. The van der Waals surface area contributed by atoms with Crippen molar-refractivity contribution in [1.29, 1.82) is 0 Å². The van der Waals surface area contributed by atoms with E-state index in [1.54, 1.807) is 6.92 Å². The van der Waals surface area contributed by atoms with Crippen molar-refractivity contribution in [3.63, 3.8) is 0 Å². The lowest BCUT2D eigenvalue weighted by Gasteiger charge is -2.17. The zero-order valence-corrected chi connectivity index (χ0v) is 10.4. The summed E-state index contributed by atoms with van der Waals surface area (Å²) in [5.41, 5.74) is 6.47. The standard InChI is InChI=1S/C10H13BrFNO2/c1-5(13)8-6(11)4-7(12)9(14-2)10(8)15-3/h4-5H,13H2,1-3H3. The molecular weight excluding hydrogens is 265 g/mol. The van der Waals surface area contributed by atoms with Crippen molar-refractivity contribution >= 4 is 15.9 Å². The van der Waals surface area contributed by atoms with E-state index in [9.17, 15) is 4.39 Å². The summed E-state index contributed by atoms with van der Waals surface area (Å²) in [4.78, 5) is 0. The van der Waals surface area contributed by atoms with Gasteiger partial charge >= 0.3 is 0 Å². The van der Waals surface area contributed by atoms with E-state index in [-0.39, 0.29) is 11.8 Å². The van der Waals surface area contributed by atoms with Gasteiger partial charge in [0.05, 0.1) is 14.2 Å². The number of hydrogen-bond donors (Lipinski definition) is 1. The highest BCUT2D eigenvalue weighted by atomic mass is 79.9. The number of methoxy groups -OCH3 is 2. The Bertz CT molecular complexity index is 369. The van der Waals surface area contributed by atoms with Crippen molar-refractivity contribution in [2.75, 3.05) is 14.2 Å². The van der Waals surface area contributed by atoms with Crippen molar-refractivity contribution in [3.05, 3.63) is 21.9 Å². The molecule has 1 aromatic rings. The highest BCUT2D eigenvalue weighted by molar-refractivity contribution is 9.10. The summed E-state index contributed by atoms with van der Waals surface area (Å²) in [6.45, 7) is 1.79. The summed E-state index contributed by atoms with van der Waals surface area (Å²) in [7, 11) is 2.84. The van der Waals surface area contributed by atoms with Crippen LogP contribution < -0.4 is 15.2 Å². The first-order valence-corrected chi connectivity index (χ1v) is 5.17. The Balaban J connectivity index is 3.49. The second-order valence-electron chi connectivity index (χ2n) is 3.11. The number of halogens is 2. The summed E-state index contributed by atoms with van der Waals surface area (Å²) in [5.74, 6) is -0.0713. The summed E-state index contributed by atoms with van der Waals surface area (Å²) in [5, 5.41) is 0. The van der Waals surface area contributed by atoms with E-state index in [0.717, 1.165) is 0 Å². The van der Waals surface area contributed by atoms with Crippen LogP contribution in [0.2, 0.25) is 0 Å². The van der Waals surface area contributed by atoms with E-state index in [1.165, 1.54) is 20.3 Å². The fourth-order valence-corrected chi connectivity index (χ4v) is 2.15. The van der Waals surface area contributed by atoms with Crippen molar-refractivity contribution in [2.24, 2.45) is 5.73 Å². The number of hydrogen-bond acceptors (Lipinski definition) is 3. The van der Waals surface area contributed by atoms with Crippen molar-refractivity contribution in [3.8, 4) is 11.5 Å². The quantitative estimate of drug-likeness (QED) is 0.924. The molecule has 3 nitrogen and oxygen atoms in total. The van der Waals surface area contributed by atoms with E-state index in [0.29, 0.717) is 15.8 Å². The molecule has 5 heteroatoms. The van der Waals surface area contributed by atoms with Crippen LogP contribution in [-0.4, -0.2) is 14.2 Å². The van der Waals surface area contributed by atoms with Crippen LogP contribution in [0.4, 0.5) is 4.39 Å². The topological polar surface area (TPSA) is 44.5 Å². The molecule has 0 aliphatic carbocycles. The lowest BCUT2D eigenvalue weighted by atomic mass is 10.1. The SMILES string of the molecule is COc1c(F)cc(Br)c(C(C)N)c1OC. The molecule has 0 aliphatic rings. The normalized spacial score (nSPS) is 12.4. The van der Waals surface area contributed by atoms with Crippen LogP contribution in [-0.2, 0) is 0 Å². The first-order valence-electron chi connectivity index (χ1n) is 4.38. The third kappa shape index (κ3) is 2.23. The van der Waals surface area contributed by atoms with Gasteiger partial charge in [0.25, 0.3) is 0 Å². The van der Waals surface area contributed by atoms with Gasteiger partial charge in [-0.25, -0.2) is 4.39 Å². The predicted octanol–water partition coefficient (Wildman–Crippen LogP) is 2.63. The zero-order chi connectivity index (χ0) is 11.6. The second kappa shape index (κ2) is 4.81. The van der Waals surface area contributed by atoms with E-state index in [1.807, 2.05) is 0 Å². The van der Waals surface area contributed by atoms with E-state index >= 15 is 0 Å². The van der Waals surface area contributed by atoms with Gasteiger partial charge in [-0.2, -0.15) is 0 Å². The molecule has 0 aliphatic heterocycles. The Morgan fingerprint density at radius 3 is 2.27 bits per heavy atom. The highest BCUT2D eigenvalue weighted by Crippen LogP contribution is 2.40. The molecule has 0 saturated carbocycles. The van der Waals surface area contributed by atoms with Gasteiger partial charge in [0.15, 0.2) is 17.3 Å². The number of rotatable bonds is 3. The Hall–Kier alpha value is -0.810. The molecule has 0 spiro atoms. The summed E-state index contributed by atoms with van der Waals surface area (Å²) < 4.78 is 24.1. The Morgan fingerprint density at radius 2 is 1.87 bits per heavy atom. The number of benzene rings is 1. The molecule has 0 fully saturated rings. The molecular formula is C10H13BrFNO2. The van der Waals surface area contributed by atoms with Crippen molar-refractivity contribution in [2.45, 2.75) is 13.0 Å². The van der Waals surface area contributed by atoms with Crippen LogP contribution in [0.25, 0.3) is 0 Å². The smallest absolute Gasteiger partial charge is 0.197 e. The van der Waals surface area contributed by atoms with Crippen LogP contribution in [0.15, 0.2) is 10.5 Å². The van der Waals surface area contributed by atoms with Crippen molar-refractivity contribution < 1.29 is 13.9 Å². The fourth-order valence-electron chi connectivity index (χ4n) is 1.41. The molecule has 0 heterocycles. The molecule has 0 amide bonds. The van der Waals surface area contributed by atoms with Gasteiger partial charge in [-0.15, -0.1) is 0 Å². The maximum absolute atomic E-state index is 13.5. The van der Waals surface area contributed by atoms with Gasteiger partial charge in [0.1, 0.15) is 0 Å². The maximum Gasteiger partial charge on any atom is 0.197 e. The lowest BCUT2D eigenvalue weighted by molar-refractivity contribution is 0.332. The van der Waals surface area contributed by atoms with Gasteiger partial charge in [-0.1, -0.05) is 15.9 Å². The third-order valence-corrected chi connectivity index (χ3v) is 2.70. The minimum Gasteiger partial charge on any atom is -0.492 e. The summed E-state index contributed by atoms with van der Waals surface area (Å²) in [6, 6.07) is 1.05. The van der Waals surface area contributed by atoms with Gasteiger partial charge in [-0.3, -0.25) is 0 Å². The molecule has 0 saturated heterocycles. The Kier molecular flexibility index (Phi) is 3.93. The number of ether oxygens (including phenoxy) is 2. The molecule has 1 atom stereocenters. The summed E-state index contributed by atoms with van der Waals surface area (Å²) >= 11 is 3.25. The van der Waals surface area contributed by atoms with Gasteiger partial charge in [0.2, 0.25) is 0 Å². The average Bonchev–Trinajstić information content (AvgIpc) is 2.15. The van der Waals surface area contributed by atoms with Crippen LogP contribution >= 0.6 is 15.9 Å². The monoisotopic (exact) mass is 277 g/mol. The van der Waals surface area contributed by atoms with Gasteiger partial charge < -0.3 is 15.2 Å². The first kappa shape index (κ1) is 12.3. The minimum absolute atomic E-state index is 0.0769. The van der Waals surface area contributed by atoms with Crippen LogP contribution in [0, 0.1) is 5.82 Å². The minimum atomic E-state index is -0.481. The van der Waals surface area contributed by atoms with E-state index < -0.39 is 5.82 Å². The molecule has 1 aromatic carbocycles. The predicted molar refractivity (Wildman–Crippen MR) is 59.8 cm³/mol. The highest BCUT2D eigenvalue weighted by Gasteiger charge is 2.20. The van der Waals surface area contributed by atoms with Crippen LogP contribution in [0.3, 0.4) is 0 Å². The maximum atomic E-state index is 13.5. The van der Waals surface area contributed by atoms with Crippen molar-refractivity contribution in [1.82, 2.24) is 0 Å². The molecule has 0 bridgehead atoms. The molecule has 0 radical (unpaired) electrons. The zero-order valence-electron chi connectivity index (χ0n) is 8.80. The Labute approximate surface area is 96.5 Å². The molecule has 0 aromatic heterocycles. The van der Waals surface area contributed by atoms with Crippen LogP contribution in [0.1, 0.15) is 18.5 Å². The Morgan fingerprint density at radius 1 is 1.33 bits per heavy atom. The second-order valence-corrected chi connectivity index (χ2v) is 3.96. The first-order chi connectivity index (χ1) is 7.02. The van der Waals surface area contributed by atoms with E-state index in [4.69, 9.17) is 15.2 Å². The average molecular weight is 278 g/mol. The third-order valence-electron chi connectivity index (χ3n) is 2.04. The summed E-state index contributed by atoms with van der Waals surface area (Å²) in [6.07, 6.45) is 0. The molecule has 2 N–H and O–H groups in total. The largest absolute Gasteiger partial charge is 0.492 e. The van der Waals surface area contributed by atoms with Gasteiger partial charge in [-0.05, 0) is 13.0 Å². The molecule has 1 unspecified atom stereocenters. The lowest BCUT2D eigenvalue weighted by Crippen LogP contribution is -2.09. The number of nitrogens with two attached hydrogens (primary N) is 1. The van der Waals surface area contributed by atoms with Crippen LogP contribution in [0.5, 0.6) is 11.5 Å². The van der Waals surface area contributed by atoms with E-state index in [2.05, 4.69) is 15.9 Å². The molecule has 15 heavy (non-hydrogen) atoms.